The normalized spacial score (nSPS) is 11.5. The molecule has 1 heterocycles. The molecule has 0 saturated carbocycles. The van der Waals surface area contributed by atoms with E-state index in [1.165, 1.54) is 18.0 Å². The van der Waals surface area contributed by atoms with E-state index >= 15 is 0 Å². The second kappa shape index (κ2) is 13.3. The number of hydrogen-bond donors (Lipinski definition) is 0. The van der Waals surface area contributed by atoms with E-state index < -0.39 is 5.97 Å². The number of aryl methyl sites for hydroxylation is 1. The lowest BCUT2D eigenvalue weighted by molar-refractivity contribution is -0.149. The molecule has 0 spiro atoms. The predicted molar refractivity (Wildman–Crippen MR) is 164 cm³/mol. The van der Waals surface area contributed by atoms with E-state index in [2.05, 4.69) is 18.9 Å². The lowest BCUT2D eigenvalue weighted by Gasteiger charge is -2.18. The number of aromatic nitrogens is 2. The molecule has 0 saturated heterocycles. The number of carbonyl (C=O) groups is 1. The van der Waals surface area contributed by atoms with E-state index in [1.54, 1.807) is 44.2 Å². The van der Waals surface area contributed by atoms with Crippen LogP contribution >= 0.6 is 0 Å². The van der Waals surface area contributed by atoms with E-state index in [4.69, 9.17) is 23.9 Å². The summed E-state index contributed by atoms with van der Waals surface area (Å²) in [5.41, 5.74) is 3.41. The number of hydrogen-bond acceptors (Lipinski definition) is 8. The number of esters is 1. The molecule has 0 atom stereocenters. The summed E-state index contributed by atoms with van der Waals surface area (Å²) in [6.45, 7) is 11.9. The van der Waals surface area contributed by atoms with Crippen molar-refractivity contribution in [3.8, 4) is 28.6 Å². The number of benzene rings is 3. The smallest absolute Gasteiger partial charge is 0.344 e. The van der Waals surface area contributed by atoms with Crippen LogP contribution in [0.3, 0.4) is 0 Å². The summed E-state index contributed by atoms with van der Waals surface area (Å²) < 4.78 is 23.7. The van der Waals surface area contributed by atoms with E-state index in [-0.39, 0.29) is 24.2 Å². The third-order valence-corrected chi connectivity index (χ3v) is 6.52. The van der Waals surface area contributed by atoms with Crippen molar-refractivity contribution in [3.63, 3.8) is 0 Å². The van der Waals surface area contributed by atoms with Gasteiger partial charge >= 0.3 is 5.97 Å². The molecule has 0 aliphatic heterocycles. The van der Waals surface area contributed by atoms with Crippen LogP contribution in [0, 0.1) is 6.92 Å². The summed E-state index contributed by atoms with van der Waals surface area (Å²) in [5.74, 6) is 1.57. The SMILES string of the molecule is CCOc1cc(C)c(-c2nc3ccccc3c(=O)n2N=Cc2cccc(OC)c2OCC(=O)OC(C)C)cc1C(C)C. The molecule has 0 radical (unpaired) electrons. The van der Waals surface area contributed by atoms with Gasteiger partial charge in [-0.05, 0) is 81.1 Å². The lowest BCUT2D eigenvalue weighted by atomic mass is 9.96. The highest BCUT2D eigenvalue weighted by molar-refractivity contribution is 5.86. The number of carbonyl (C=O) groups excluding carboxylic acids is 1. The second-order valence-electron chi connectivity index (χ2n) is 10.3. The number of para-hydroxylation sites is 2. The fraction of sp³-hybridized carbons (Fsp3) is 0.333. The molecular formula is C33H37N3O6. The molecule has 0 aliphatic carbocycles. The first-order valence-corrected chi connectivity index (χ1v) is 14.0. The van der Waals surface area contributed by atoms with Crippen molar-refractivity contribution in [1.82, 2.24) is 9.66 Å². The van der Waals surface area contributed by atoms with Crippen LogP contribution < -0.4 is 19.8 Å². The fourth-order valence-corrected chi connectivity index (χ4v) is 4.57. The first-order valence-electron chi connectivity index (χ1n) is 14.0. The predicted octanol–water partition coefficient (Wildman–Crippen LogP) is 6.12. The molecule has 9 heteroatoms. The molecule has 4 aromatic rings. The van der Waals surface area contributed by atoms with E-state index in [1.807, 2.05) is 38.1 Å². The Morgan fingerprint density at radius 1 is 1.02 bits per heavy atom. The van der Waals surface area contributed by atoms with Gasteiger partial charge in [-0.3, -0.25) is 4.79 Å². The summed E-state index contributed by atoms with van der Waals surface area (Å²) in [6.07, 6.45) is 1.23. The van der Waals surface area contributed by atoms with E-state index in [0.717, 1.165) is 22.4 Å². The minimum Gasteiger partial charge on any atom is -0.494 e. The Kier molecular flexibility index (Phi) is 9.62. The van der Waals surface area contributed by atoms with Gasteiger partial charge in [-0.25, -0.2) is 9.78 Å². The fourth-order valence-electron chi connectivity index (χ4n) is 4.57. The van der Waals surface area contributed by atoms with Gasteiger partial charge in [0, 0.05) is 11.1 Å². The molecule has 0 bridgehead atoms. The average Bonchev–Trinajstić information content (AvgIpc) is 2.95. The third kappa shape index (κ3) is 6.62. The molecule has 0 unspecified atom stereocenters. The van der Waals surface area contributed by atoms with Gasteiger partial charge in [-0.15, -0.1) is 0 Å². The van der Waals surface area contributed by atoms with Gasteiger partial charge in [-0.1, -0.05) is 32.0 Å². The van der Waals surface area contributed by atoms with Gasteiger partial charge in [0.15, 0.2) is 23.9 Å². The van der Waals surface area contributed by atoms with Gasteiger partial charge in [0.05, 0.1) is 36.9 Å². The Morgan fingerprint density at radius 2 is 1.79 bits per heavy atom. The Labute approximate surface area is 245 Å². The average molecular weight is 572 g/mol. The maximum atomic E-state index is 13.8. The minimum atomic E-state index is -0.511. The van der Waals surface area contributed by atoms with Crippen molar-refractivity contribution in [2.75, 3.05) is 20.3 Å². The van der Waals surface area contributed by atoms with Crippen molar-refractivity contribution >= 4 is 23.1 Å². The highest BCUT2D eigenvalue weighted by atomic mass is 16.6. The molecule has 0 amide bonds. The standard InChI is InChI=1S/C33H37N3O6/c1-8-40-29-16-22(6)26(17-25(29)20(2)3)32-35-27-14-10-9-13-24(27)33(38)36(32)34-18-23-12-11-15-28(39-7)31(23)41-19-30(37)42-21(4)5/h9-18,20-21H,8,19H2,1-7H3. The topological polar surface area (TPSA) is 101 Å². The zero-order valence-corrected chi connectivity index (χ0v) is 25.1. The van der Waals surface area contributed by atoms with Gasteiger partial charge < -0.3 is 18.9 Å². The molecule has 4 rings (SSSR count). The van der Waals surface area contributed by atoms with Gasteiger partial charge in [0.2, 0.25) is 0 Å². The Balaban J connectivity index is 1.88. The summed E-state index contributed by atoms with van der Waals surface area (Å²) in [4.78, 5) is 30.9. The van der Waals surface area contributed by atoms with Crippen LogP contribution in [-0.4, -0.2) is 48.3 Å². The Bertz CT molecular complexity index is 1670. The molecule has 0 N–H and O–H groups in total. The van der Waals surface area contributed by atoms with Gasteiger partial charge in [0.25, 0.3) is 5.56 Å². The molecule has 42 heavy (non-hydrogen) atoms. The van der Waals surface area contributed by atoms with Crippen molar-refractivity contribution in [2.45, 2.75) is 53.6 Å². The highest BCUT2D eigenvalue weighted by Gasteiger charge is 2.19. The molecular weight excluding hydrogens is 534 g/mol. The first kappa shape index (κ1) is 30.3. The van der Waals surface area contributed by atoms with Crippen LogP contribution in [0.4, 0.5) is 0 Å². The van der Waals surface area contributed by atoms with Crippen LogP contribution in [0.5, 0.6) is 17.2 Å². The van der Waals surface area contributed by atoms with Crippen molar-refractivity contribution in [2.24, 2.45) is 5.10 Å². The molecule has 9 nitrogen and oxygen atoms in total. The zero-order valence-electron chi connectivity index (χ0n) is 25.1. The number of nitrogens with zero attached hydrogens (tertiary/aromatic N) is 3. The van der Waals surface area contributed by atoms with E-state index in [9.17, 15) is 9.59 Å². The molecule has 0 aliphatic rings. The molecule has 1 aromatic heterocycles. The first-order chi connectivity index (χ1) is 20.1. The molecule has 220 valence electrons. The quantitative estimate of drug-likeness (QED) is 0.158. The van der Waals surface area contributed by atoms with Gasteiger partial charge in [-0.2, -0.15) is 9.78 Å². The van der Waals surface area contributed by atoms with Crippen LogP contribution in [0.25, 0.3) is 22.3 Å². The summed E-state index contributed by atoms with van der Waals surface area (Å²) >= 11 is 0. The number of ether oxygens (including phenoxy) is 4. The maximum Gasteiger partial charge on any atom is 0.344 e. The molecule has 0 fully saturated rings. The zero-order chi connectivity index (χ0) is 30.4. The molecule has 3 aromatic carbocycles. The summed E-state index contributed by atoms with van der Waals surface area (Å²) in [6, 6.07) is 16.4. The van der Waals surface area contributed by atoms with Crippen LogP contribution in [0.1, 0.15) is 57.2 Å². The summed E-state index contributed by atoms with van der Waals surface area (Å²) in [5, 5.41) is 5.06. The highest BCUT2D eigenvalue weighted by Crippen LogP contribution is 2.35. The van der Waals surface area contributed by atoms with Crippen molar-refractivity contribution < 1.29 is 23.7 Å². The van der Waals surface area contributed by atoms with Crippen LogP contribution in [0.15, 0.2) is 64.5 Å². The number of methoxy groups -OCH3 is 1. The van der Waals surface area contributed by atoms with E-state index in [0.29, 0.717) is 40.4 Å². The Morgan fingerprint density at radius 3 is 2.48 bits per heavy atom. The van der Waals surface area contributed by atoms with Crippen molar-refractivity contribution in [3.05, 3.63) is 81.6 Å². The van der Waals surface area contributed by atoms with Crippen LogP contribution in [-0.2, 0) is 9.53 Å². The van der Waals surface area contributed by atoms with Crippen LogP contribution in [0.2, 0.25) is 0 Å². The second-order valence-corrected chi connectivity index (χ2v) is 10.3. The Hall–Kier alpha value is -4.66. The minimum absolute atomic E-state index is 0.175. The number of rotatable bonds is 11. The van der Waals surface area contributed by atoms with Gasteiger partial charge in [0.1, 0.15) is 5.75 Å². The number of fused-ring (bicyclic) bond motifs is 1. The largest absolute Gasteiger partial charge is 0.494 e. The summed E-state index contributed by atoms with van der Waals surface area (Å²) in [7, 11) is 1.51. The lowest BCUT2D eigenvalue weighted by Crippen LogP contribution is -2.21. The van der Waals surface area contributed by atoms with Crippen molar-refractivity contribution in [1.29, 1.82) is 0 Å². The monoisotopic (exact) mass is 571 g/mol. The third-order valence-electron chi connectivity index (χ3n) is 6.52. The maximum absolute atomic E-state index is 13.8.